The average molecular weight is 593 g/mol. The van der Waals surface area contributed by atoms with E-state index in [0.717, 1.165) is 68.3 Å². The molecule has 5 aliphatic carbocycles. The van der Waals surface area contributed by atoms with Crippen molar-refractivity contribution in [1.29, 1.82) is 0 Å². The van der Waals surface area contributed by atoms with Gasteiger partial charge in [0.15, 0.2) is 5.60 Å². The average Bonchev–Trinajstić information content (AvgIpc) is 3.66. The van der Waals surface area contributed by atoms with Crippen LogP contribution in [0.15, 0.2) is 36.0 Å². The van der Waals surface area contributed by atoms with Crippen molar-refractivity contribution in [2.45, 2.75) is 96.2 Å². The highest BCUT2D eigenvalue weighted by Gasteiger charge is 2.70. The number of hydrogen-bond acceptors (Lipinski definition) is 5. The van der Waals surface area contributed by atoms with Gasteiger partial charge in [-0.1, -0.05) is 32.3 Å². The Bertz CT molecular complexity index is 1450. The zero-order chi connectivity index (χ0) is 29.4. The molecule has 4 saturated carbocycles. The van der Waals surface area contributed by atoms with E-state index >= 15 is 0 Å². The van der Waals surface area contributed by atoms with Gasteiger partial charge in [-0.3, -0.25) is 9.59 Å². The van der Waals surface area contributed by atoms with Crippen LogP contribution in [0.4, 0.5) is 4.39 Å². The van der Waals surface area contributed by atoms with E-state index in [-0.39, 0.29) is 40.1 Å². The molecular formula is C34H41FN2O4S. The predicted molar refractivity (Wildman–Crippen MR) is 160 cm³/mol. The number of nitrogens with zero attached hydrogens (tertiary/aromatic N) is 2. The number of esters is 1. The number of halogens is 1. The molecule has 7 rings (SSSR count). The molecule has 0 bridgehead atoms. The number of carbonyl (C=O) groups excluding carboxylic acids is 2. The molecule has 7 atom stereocenters. The summed E-state index contributed by atoms with van der Waals surface area (Å²) in [5.74, 6) is 0.157. The lowest BCUT2D eigenvalue weighted by Gasteiger charge is -2.60. The second-order valence-electron chi connectivity index (χ2n) is 14.2. The number of carbonyl (C=O) groups is 2. The van der Waals surface area contributed by atoms with Gasteiger partial charge in [0.1, 0.15) is 5.82 Å². The number of ether oxygens (including phenoxy) is 1. The Morgan fingerprint density at radius 3 is 2.60 bits per heavy atom. The topological polar surface area (TPSA) is 81.4 Å². The Balaban J connectivity index is 1.18. The smallest absolute Gasteiger partial charge is 0.307 e. The van der Waals surface area contributed by atoms with Gasteiger partial charge in [0, 0.05) is 11.8 Å². The molecule has 2 aromatic rings. The molecule has 224 valence electrons. The van der Waals surface area contributed by atoms with Crippen molar-refractivity contribution in [2.24, 2.45) is 34.5 Å². The Kier molecular flexibility index (Phi) is 6.78. The highest BCUT2D eigenvalue weighted by molar-refractivity contribution is 7.96. The lowest BCUT2D eigenvalue weighted by Crippen LogP contribution is -2.62. The largest absolute Gasteiger partial charge is 0.449 e. The van der Waals surface area contributed by atoms with Gasteiger partial charge in [-0.25, -0.2) is 9.07 Å². The third kappa shape index (κ3) is 4.10. The van der Waals surface area contributed by atoms with Crippen LogP contribution in [0.25, 0.3) is 11.8 Å². The molecule has 0 amide bonds. The normalized spacial score (nSPS) is 37.3. The number of aliphatic hydroxyl groups is 1. The second-order valence-corrected chi connectivity index (χ2v) is 14.6. The first-order valence-electron chi connectivity index (χ1n) is 15.7. The van der Waals surface area contributed by atoms with Gasteiger partial charge in [-0.05, 0) is 116 Å². The summed E-state index contributed by atoms with van der Waals surface area (Å²) in [5, 5.41) is 16.3. The highest BCUT2D eigenvalue weighted by Crippen LogP contribution is 2.68. The Morgan fingerprint density at radius 2 is 1.88 bits per heavy atom. The van der Waals surface area contributed by atoms with Gasteiger partial charge in [0.2, 0.25) is 5.12 Å². The summed E-state index contributed by atoms with van der Waals surface area (Å²) in [6.07, 6.45) is 12.5. The number of fused-ring (bicyclic) bond motifs is 6. The molecule has 0 radical (unpaired) electrons. The van der Waals surface area contributed by atoms with Gasteiger partial charge in [-0.15, -0.1) is 12.6 Å². The van der Waals surface area contributed by atoms with E-state index in [1.54, 1.807) is 12.1 Å². The van der Waals surface area contributed by atoms with Crippen LogP contribution in [0.3, 0.4) is 0 Å². The van der Waals surface area contributed by atoms with Crippen molar-refractivity contribution in [3.8, 4) is 5.69 Å². The molecule has 0 aliphatic heterocycles. The monoisotopic (exact) mass is 592 g/mol. The second kappa shape index (κ2) is 10.0. The number of aromatic nitrogens is 2. The maximum absolute atomic E-state index is 13.6. The molecular weight excluding hydrogens is 551 g/mol. The first kappa shape index (κ1) is 28.3. The zero-order valence-corrected chi connectivity index (χ0v) is 25.4. The number of benzene rings is 1. The van der Waals surface area contributed by atoms with E-state index in [1.807, 2.05) is 10.9 Å². The molecule has 5 aliphatic rings. The number of allylic oxidation sites excluding steroid dienone is 1. The highest BCUT2D eigenvalue weighted by atomic mass is 32.1. The summed E-state index contributed by atoms with van der Waals surface area (Å²) in [5.41, 5.74) is 2.08. The Labute approximate surface area is 252 Å². The van der Waals surface area contributed by atoms with Crippen LogP contribution in [0.2, 0.25) is 0 Å². The molecule has 8 heteroatoms. The minimum Gasteiger partial charge on any atom is -0.449 e. The Morgan fingerprint density at radius 1 is 1.14 bits per heavy atom. The minimum atomic E-state index is -1.30. The van der Waals surface area contributed by atoms with Crippen LogP contribution in [-0.4, -0.2) is 37.7 Å². The van der Waals surface area contributed by atoms with E-state index in [9.17, 15) is 19.1 Å². The fraction of sp³-hybridized carbons (Fsp3) is 0.618. The van der Waals surface area contributed by atoms with Crippen LogP contribution >= 0.6 is 12.6 Å². The summed E-state index contributed by atoms with van der Waals surface area (Å²) in [7, 11) is 0. The standard InChI is InChI=1S/C34H41FN2O4S/c1-32-17-21-19-36-37(24-10-8-23(35)9-11-24)27(21)16-22(32)7-12-25-26-13-14-34(31(40)42,33(26,2)18-28(38)30(25)32)41-29(39)15-20-5-3-4-6-20/h8-11,16,19-20,25-26,28,30,38H,3-7,12-15,17-18H2,1-2H3,(H,40,42)/t25?,26-,28-,30+,32?,33-,34?/m0/s1. The molecule has 1 heterocycles. The van der Waals surface area contributed by atoms with Crippen molar-refractivity contribution in [3.05, 3.63) is 53.1 Å². The van der Waals surface area contributed by atoms with Gasteiger partial charge in [-0.2, -0.15) is 5.10 Å². The third-order valence-electron chi connectivity index (χ3n) is 12.2. The SMILES string of the molecule is CC12Cc3cnn(-c4ccc(F)cc4)c3C=C1CCC1[C@@H]2[C@@H](O)C[C@@]2(C)[C@H]1CCC2(OC(=O)CC1CCCC1)C(=O)S. The summed E-state index contributed by atoms with van der Waals surface area (Å²) in [4.78, 5) is 26.5. The molecule has 1 aromatic carbocycles. The molecule has 1 N–H and O–H groups in total. The van der Waals surface area contributed by atoms with Crippen molar-refractivity contribution < 1.29 is 23.8 Å². The van der Waals surface area contributed by atoms with Gasteiger partial charge in [0.25, 0.3) is 0 Å². The molecule has 1 aromatic heterocycles. The lowest BCUT2D eigenvalue weighted by molar-refractivity contribution is -0.197. The van der Waals surface area contributed by atoms with Gasteiger partial charge >= 0.3 is 5.97 Å². The van der Waals surface area contributed by atoms with Crippen molar-refractivity contribution in [2.75, 3.05) is 0 Å². The first-order valence-corrected chi connectivity index (χ1v) is 16.2. The van der Waals surface area contributed by atoms with E-state index in [0.29, 0.717) is 25.2 Å². The van der Waals surface area contributed by atoms with E-state index < -0.39 is 17.1 Å². The molecule has 6 nitrogen and oxygen atoms in total. The van der Waals surface area contributed by atoms with Crippen LogP contribution in [0.1, 0.15) is 89.3 Å². The van der Waals surface area contributed by atoms with Gasteiger partial charge < -0.3 is 9.84 Å². The fourth-order valence-electron chi connectivity index (χ4n) is 10.2. The van der Waals surface area contributed by atoms with E-state index in [1.165, 1.54) is 17.7 Å². The Hall–Kier alpha value is -2.45. The lowest BCUT2D eigenvalue weighted by atomic mass is 9.45. The van der Waals surface area contributed by atoms with Crippen molar-refractivity contribution in [3.63, 3.8) is 0 Å². The first-order chi connectivity index (χ1) is 20.1. The number of aliphatic hydroxyl groups excluding tert-OH is 1. The van der Waals surface area contributed by atoms with Crippen LogP contribution < -0.4 is 0 Å². The quantitative estimate of drug-likeness (QED) is 0.307. The zero-order valence-electron chi connectivity index (χ0n) is 24.5. The molecule has 4 fully saturated rings. The maximum atomic E-state index is 13.6. The van der Waals surface area contributed by atoms with Gasteiger partial charge in [0.05, 0.1) is 23.7 Å². The van der Waals surface area contributed by atoms with Crippen molar-refractivity contribution in [1.82, 2.24) is 9.78 Å². The predicted octanol–water partition coefficient (Wildman–Crippen LogP) is 6.48. The van der Waals surface area contributed by atoms with Crippen molar-refractivity contribution >= 4 is 29.8 Å². The molecule has 0 spiro atoms. The number of rotatable bonds is 5. The number of hydrogen-bond donors (Lipinski definition) is 2. The van der Waals surface area contributed by atoms with Crippen LogP contribution in [-0.2, 0) is 20.7 Å². The summed E-state index contributed by atoms with van der Waals surface area (Å²) < 4.78 is 21.7. The fourth-order valence-corrected chi connectivity index (χ4v) is 10.6. The maximum Gasteiger partial charge on any atom is 0.307 e. The van der Waals surface area contributed by atoms with E-state index in [4.69, 9.17) is 4.74 Å². The number of thiol groups is 1. The summed E-state index contributed by atoms with van der Waals surface area (Å²) >= 11 is 4.34. The molecule has 0 saturated heterocycles. The third-order valence-corrected chi connectivity index (χ3v) is 12.5. The van der Waals surface area contributed by atoms with Crippen LogP contribution in [0.5, 0.6) is 0 Å². The van der Waals surface area contributed by atoms with Crippen LogP contribution in [0, 0.1) is 40.3 Å². The summed E-state index contributed by atoms with van der Waals surface area (Å²) in [6, 6.07) is 6.39. The van der Waals surface area contributed by atoms with E-state index in [2.05, 4.69) is 37.7 Å². The minimum absolute atomic E-state index is 0.0258. The molecule has 3 unspecified atom stereocenters. The molecule has 42 heavy (non-hydrogen) atoms. The summed E-state index contributed by atoms with van der Waals surface area (Å²) in [6.45, 7) is 4.35.